The van der Waals surface area contributed by atoms with E-state index in [9.17, 15) is 0 Å². The lowest BCUT2D eigenvalue weighted by Gasteiger charge is -2.43. The van der Waals surface area contributed by atoms with Gasteiger partial charge in [-0.15, -0.1) is 0 Å². The van der Waals surface area contributed by atoms with Gasteiger partial charge in [-0.1, -0.05) is 24.3 Å². The molecule has 2 aliphatic rings. The highest BCUT2D eigenvalue weighted by atomic mass is 16.5. The molecular formula is C18H26N2O2. The van der Waals surface area contributed by atoms with Crippen molar-refractivity contribution in [1.82, 2.24) is 4.90 Å². The SMILES string of the molecule is COCCCOC1CCCN1C1(C)C=Cc2ccccc2N1. The summed E-state index contributed by atoms with van der Waals surface area (Å²) in [7, 11) is 1.73. The number of para-hydroxylation sites is 1. The summed E-state index contributed by atoms with van der Waals surface area (Å²) in [5, 5.41) is 3.68. The molecule has 0 spiro atoms. The first-order valence-corrected chi connectivity index (χ1v) is 8.17. The highest BCUT2D eigenvalue weighted by molar-refractivity contribution is 5.71. The van der Waals surface area contributed by atoms with E-state index in [1.807, 2.05) is 0 Å². The first-order valence-electron chi connectivity index (χ1n) is 8.17. The normalized spacial score (nSPS) is 27.6. The largest absolute Gasteiger partial charge is 0.385 e. The molecule has 1 N–H and O–H groups in total. The number of likely N-dealkylation sites (tertiary alicyclic amines) is 1. The molecule has 4 nitrogen and oxygen atoms in total. The fourth-order valence-electron chi connectivity index (χ4n) is 3.35. The molecule has 1 aromatic carbocycles. The molecule has 0 aliphatic carbocycles. The van der Waals surface area contributed by atoms with E-state index in [1.54, 1.807) is 7.11 Å². The quantitative estimate of drug-likeness (QED) is 0.817. The van der Waals surface area contributed by atoms with Gasteiger partial charge < -0.3 is 14.8 Å². The van der Waals surface area contributed by atoms with E-state index in [0.717, 1.165) is 32.6 Å². The number of anilines is 1. The van der Waals surface area contributed by atoms with Gasteiger partial charge in [-0.2, -0.15) is 0 Å². The van der Waals surface area contributed by atoms with Crippen LogP contribution in [-0.4, -0.2) is 43.7 Å². The smallest absolute Gasteiger partial charge is 0.112 e. The number of hydrogen-bond acceptors (Lipinski definition) is 4. The van der Waals surface area contributed by atoms with Gasteiger partial charge in [0.2, 0.25) is 0 Å². The van der Waals surface area contributed by atoms with Crippen LogP contribution in [0.2, 0.25) is 0 Å². The van der Waals surface area contributed by atoms with Crippen molar-refractivity contribution in [2.24, 2.45) is 0 Å². The molecule has 0 radical (unpaired) electrons. The third kappa shape index (κ3) is 3.19. The van der Waals surface area contributed by atoms with Crippen molar-refractivity contribution in [3.63, 3.8) is 0 Å². The van der Waals surface area contributed by atoms with Gasteiger partial charge in [-0.3, -0.25) is 4.90 Å². The number of hydrogen-bond donors (Lipinski definition) is 1. The van der Waals surface area contributed by atoms with E-state index in [-0.39, 0.29) is 11.9 Å². The van der Waals surface area contributed by atoms with Crippen LogP contribution in [0.3, 0.4) is 0 Å². The maximum absolute atomic E-state index is 6.10. The third-order valence-electron chi connectivity index (χ3n) is 4.53. The fraction of sp³-hybridized carbons (Fsp3) is 0.556. The second-order valence-corrected chi connectivity index (χ2v) is 6.20. The Morgan fingerprint density at radius 2 is 2.18 bits per heavy atom. The third-order valence-corrected chi connectivity index (χ3v) is 4.53. The second-order valence-electron chi connectivity index (χ2n) is 6.20. The van der Waals surface area contributed by atoms with Gasteiger partial charge in [0, 0.05) is 25.9 Å². The second kappa shape index (κ2) is 6.82. The van der Waals surface area contributed by atoms with Crippen molar-refractivity contribution in [2.75, 3.05) is 32.2 Å². The van der Waals surface area contributed by atoms with Gasteiger partial charge in [0.05, 0.1) is 6.61 Å². The van der Waals surface area contributed by atoms with Crippen LogP contribution in [0.5, 0.6) is 0 Å². The Bertz CT molecular complexity index is 532. The topological polar surface area (TPSA) is 33.7 Å². The molecular weight excluding hydrogens is 276 g/mol. The summed E-state index contributed by atoms with van der Waals surface area (Å²) in [6, 6.07) is 8.43. The molecule has 4 heteroatoms. The lowest BCUT2D eigenvalue weighted by Crippen LogP contribution is -2.54. The molecule has 120 valence electrons. The summed E-state index contributed by atoms with van der Waals surface area (Å²) in [6.07, 6.45) is 7.88. The molecule has 3 rings (SSSR count). The van der Waals surface area contributed by atoms with E-state index in [1.165, 1.54) is 17.7 Å². The van der Waals surface area contributed by atoms with Crippen LogP contribution < -0.4 is 5.32 Å². The molecule has 2 atom stereocenters. The van der Waals surface area contributed by atoms with Crippen LogP contribution >= 0.6 is 0 Å². The Morgan fingerprint density at radius 3 is 3.05 bits per heavy atom. The first-order chi connectivity index (χ1) is 10.7. The van der Waals surface area contributed by atoms with Gasteiger partial charge in [-0.25, -0.2) is 0 Å². The van der Waals surface area contributed by atoms with Crippen LogP contribution in [0.1, 0.15) is 31.7 Å². The Labute approximate surface area is 133 Å². The molecule has 1 saturated heterocycles. The van der Waals surface area contributed by atoms with Crippen molar-refractivity contribution in [3.8, 4) is 0 Å². The number of nitrogens with zero attached hydrogens (tertiary/aromatic N) is 1. The lowest BCUT2D eigenvalue weighted by molar-refractivity contribution is -0.0662. The molecule has 0 amide bonds. The van der Waals surface area contributed by atoms with Crippen LogP contribution in [-0.2, 0) is 9.47 Å². The minimum absolute atomic E-state index is 0.184. The van der Waals surface area contributed by atoms with Crippen molar-refractivity contribution in [3.05, 3.63) is 35.9 Å². The molecule has 1 aromatic rings. The van der Waals surface area contributed by atoms with E-state index < -0.39 is 0 Å². The van der Waals surface area contributed by atoms with Crippen molar-refractivity contribution in [1.29, 1.82) is 0 Å². The van der Waals surface area contributed by atoms with Crippen molar-refractivity contribution >= 4 is 11.8 Å². The number of ether oxygens (including phenoxy) is 2. The summed E-state index contributed by atoms with van der Waals surface area (Å²) >= 11 is 0. The number of benzene rings is 1. The van der Waals surface area contributed by atoms with Crippen LogP contribution in [0.15, 0.2) is 30.3 Å². The Hall–Kier alpha value is -1.36. The maximum Gasteiger partial charge on any atom is 0.112 e. The number of fused-ring (bicyclic) bond motifs is 1. The van der Waals surface area contributed by atoms with Gasteiger partial charge in [0.15, 0.2) is 0 Å². The monoisotopic (exact) mass is 302 g/mol. The zero-order chi connectivity index (χ0) is 15.4. The number of nitrogens with one attached hydrogen (secondary N) is 1. The first kappa shape index (κ1) is 15.5. The predicted molar refractivity (Wildman–Crippen MR) is 89.7 cm³/mol. The standard InChI is InChI=1S/C18H26N2O2/c1-18(11-10-15-7-3-4-8-16(15)19-18)20-12-5-9-17(20)22-14-6-13-21-2/h3-4,7-8,10-11,17,19H,5-6,9,12-14H2,1-2H3. The highest BCUT2D eigenvalue weighted by Crippen LogP contribution is 2.34. The molecule has 2 unspecified atom stereocenters. The molecule has 22 heavy (non-hydrogen) atoms. The summed E-state index contributed by atoms with van der Waals surface area (Å²) < 4.78 is 11.2. The molecule has 2 aliphatic heterocycles. The predicted octanol–water partition coefficient (Wildman–Crippen LogP) is 3.32. The van der Waals surface area contributed by atoms with Crippen LogP contribution in [0.25, 0.3) is 6.08 Å². The Morgan fingerprint density at radius 1 is 1.32 bits per heavy atom. The Kier molecular flexibility index (Phi) is 4.81. The zero-order valence-corrected chi connectivity index (χ0v) is 13.5. The summed E-state index contributed by atoms with van der Waals surface area (Å²) in [5.41, 5.74) is 2.26. The van der Waals surface area contributed by atoms with E-state index >= 15 is 0 Å². The lowest BCUT2D eigenvalue weighted by atomic mass is 10.0. The van der Waals surface area contributed by atoms with E-state index in [4.69, 9.17) is 9.47 Å². The van der Waals surface area contributed by atoms with Crippen LogP contribution in [0, 0.1) is 0 Å². The molecule has 1 fully saturated rings. The number of methoxy groups -OCH3 is 1. The van der Waals surface area contributed by atoms with Gasteiger partial charge in [0.25, 0.3) is 0 Å². The molecule has 0 bridgehead atoms. The zero-order valence-electron chi connectivity index (χ0n) is 13.5. The van der Waals surface area contributed by atoms with E-state index in [0.29, 0.717) is 0 Å². The summed E-state index contributed by atoms with van der Waals surface area (Å²) in [6.45, 7) is 4.81. The number of rotatable bonds is 6. The summed E-state index contributed by atoms with van der Waals surface area (Å²) in [5.74, 6) is 0. The van der Waals surface area contributed by atoms with Gasteiger partial charge in [-0.05, 0) is 43.9 Å². The average Bonchev–Trinajstić information content (AvgIpc) is 3.01. The van der Waals surface area contributed by atoms with E-state index in [2.05, 4.69) is 53.6 Å². The average molecular weight is 302 g/mol. The van der Waals surface area contributed by atoms with Gasteiger partial charge in [0.1, 0.15) is 11.9 Å². The fourth-order valence-corrected chi connectivity index (χ4v) is 3.35. The molecule has 0 saturated carbocycles. The minimum atomic E-state index is -0.184. The molecule has 0 aromatic heterocycles. The van der Waals surface area contributed by atoms with Crippen molar-refractivity contribution < 1.29 is 9.47 Å². The van der Waals surface area contributed by atoms with Gasteiger partial charge >= 0.3 is 0 Å². The Balaban J connectivity index is 1.67. The summed E-state index contributed by atoms with van der Waals surface area (Å²) in [4.78, 5) is 2.44. The van der Waals surface area contributed by atoms with Crippen molar-refractivity contribution in [2.45, 2.75) is 38.1 Å². The maximum atomic E-state index is 6.10. The minimum Gasteiger partial charge on any atom is -0.385 e. The highest BCUT2D eigenvalue weighted by Gasteiger charge is 2.39. The molecule has 2 heterocycles. The van der Waals surface area contributed by atoms with Crippen LogP contribution in [0.4, 0.5) is 5.69 Å².